The van der Waals surface area contributed by atoms with E-state index in [9.17, 15) is 18.0 Å². The molecule has 5 nitrogen and oxygen atoms in total. The molecule has 1 N–H and O–H groups in total. The SMILES string of the molecule is O=C(Nc1nnc(C2CC2)s1)N1CCCC(C(F)(F)F)C1. The summed E-state index contributed by atoms with van der Waals surface area (Å²) in [6, 6.07) is -0.526. The molecule has 2 fully saturated rings. The van der Waals surface area contributed by atoms with Crippen molar-refractivity contribution in [3.8, 4) is 0 Å². The maximum atomic E-state index is 12.7. The molecule has 0 aromatic carbocycles. The van der Waals surface area contributed by atoms with E-state index in [-0.39, 0.29) is 13.0 Å². The summed E-state index contributed by atoms with van der Waals surface area (Å²) < 4.78 is 38.2. The summed E-state index contributed by atoms with van der Waals surface area (Å²) in [6.45, 7) is 0.0519. The van der Waals surface area contributed by atoms with Gasteiger partial charge in [-0.3, -0.25) is 5.32 Å². The van der Waals surface area contributed by atoms with E-state index in [1.54, 1.807) is 0 Å². The fourth-order valence-corrected chi connectivity index (χ4v) is 3.28. The third kappa shape index (κ3) is 3.45. The number of hydrogen-bond donors (Lipinski definition) is 1. The van der Waals surface area contributed by atoms with E-state index < -0.39 is 18.1 Å². The Bertz CT molecular complexity index is 529. The molecule has 1 saturated carbocycles. The molecule has 21 heavy (non-hydrogen) atoms. The van der Waals surface area contributed by atoms with Gasteiger partial charge in [-0.1, -0.05) is 11.3 Å². The van der Waals surface area contributed by atoms with Crippen molar-refractivity contribution in [1.82, 2.24) is 15.1 Å². The number of halogens is 3. The van der Waals surface area contributed by atoms with E-state index in [0.29, 0.717) is 24.0 Å². The first-order valence-corrected chi connectivity index (χ1v) is 7.71. The highest BCUT2D eigenvalue weighted by atomic mass is 32.1. The lowest BCUT2D eigenvalue weighted by molar-refractivity contribution is -0.183. The number of nitrogens with zero attached hydrogens (tertiary/aromatic N) is 3. The molecule has 2 amide bonds. The minimum absolute atomic E-state index is 0.0813. The molecule has 9 heteroatoms. The smallest absolute Gasteiger partial charge is 0.324 e. The predicted molar refractivity (Wildman–Crippen MR) is 71.3 cm³/mol. The highest BCUT2D eigenvalue weighted by Gasteiger charge is 2.42. The first-order chi connectivity index (χ1) is 9.93. The number of carbonyl (C=O) groups excluding carboxylic acids is 1. The molecule has 1 aliphatic carbocycles. The van der Waals surface area contributed by atoms with Crippen molar-refractivity contribution in [2.45, 2.75) is 37.8 Å². The zero-order chi connectivity index (χ0) is 15.0. The molecule has 1 aromatic rings. The number of piperidine rings is 1. The van der Waals surface area contributed by atoms with Gasteiger partial charge in [-0.15, -0.1) is 10.2 Å². The van der Waals surface area contributed by atoms with Crippen LogP contribution in [0.1, 0.15) is 36.6 Å². The number of amides is 2. The van der Waals surface area contributed by atoms with Gasteiger partial charge in [0.25, 0.3) is 0 Å². The van der Waals surface area contributed by atoms with Gasteiger partial charge >= 0.3 is 12.2 Å². The van der Waals surface area contributed by atoms with Crippen LogP contribution < -0.4 is 5.32 Å². The Morgan fingerprint density at radius 2 is 2.05 bits per heavy atom. The third-order valence-corrected chi connectivity index (χ3v) is 4.75. The van der Waals surface area contributed by atoms with Crippen LogP contribution in [0.5, 0.6) is 0 Å². The molecule has 1 saturated heterocycles. The molecular formula is C12H15F3N4OS. The normalized spacial score (nSPS) is 23.2. The standard InChI is InChI=1S/C12H15F3N4OS/c13-12(14,15)8-2-1-5-19(6-8)11(20)16-10-18-17-9(21-10)7-3-4-7/h7-8H,1-6H2,(H,16,18,20). The summed E-state index contributed by atoms with van der Waals surface area (Å²) in [6.07, 6.45) is -1.64. The third-order valence-electron chi connectivity index (χ3n) is 3.75. The lowest BCUT2D eigenvalue weighted by atomic mass is 9.98. The van der Waals surface area contributed by atoms with Crippen molar-refractivity contribution < 1.29 is 18.0 Å². The summed E-state index contributed by atoms with van der Waals surface area (Å²) in [5.41, 5.74) is 0. The number of alkyl halides is 3. The second kappa shape index (κ2) is 5.43. The topological polar surface area (TPSA) is 58.1 Å². The van der Waals surface area contributed by atoms with Crippen LogP contribution in [-0.4, -0.2) is 40.4 Å². The van der Waals surface area contributed by atoms with Crippen LogP contribution in [-0.2, 0) is 0 Å². The van der Waals surface area contributed by atoms with Gasteiger partial charge in [0.05, 0.1) is 5.92 Å². The Kier molecular flexibility index (Phi) is 3.76. The number of nitrogens with one attached hydrogen (secondary N) is 1. The zero-order valence-corrected chi connectivity index (χ0v) is 12.0. The zero-order valence-electron chi connectivity index (χ0n) is 11.2. The van der Waals surface area contributed by atoms with Crippen molar-refractivity contribution in [2.75, 3.05) is 18.4 Å². The molecule has 0 spiro atoms. The molecule has 1 unspecified atom stereocenters. The molecular weight excluding hydrogens is 305 g/mol. The average Bonchev–Trinajstić information content (AvgIpc) is 3.19. The highest BCUT2D eigenvalue weighted by Crippen LogP contribution is 2.42. The molecule has 116 valence electrons. The van der Waals surface area contributed by atoms with Crippen LogP contribution in [0.15, 0.2) is 0 Å². The summed E-state index contributed by atoms with van der Waals surface area (Å²) >= 11 is 1.30. The van der Waals surface area contributed by atoms with Gasteiger partial charge in [0.1, 0.15) is 5.01 Å². The van der Waals surface area contributed by atoms with E-state index in [1.807, 2.05) is 0 Å². The Labute approximate surface area is 123 Å². The summed E-state index contributed by atoms with van der Waals surface area (Å²) in [5.74, 6) is -0.994. The van der Waals surface area contributed by atoms with Crippen LogP contribution in [0.4, 0.5) is 23.1 Å². The molecule has 3 rings (SSSR count). The van der Waals surface area contributed by atoms with Gasteiger partial charge in [-0.05, 0) is 25.7 Å². The largest absolute Gasteiger partial charge is 0.393 e. The number of hydrogen-bond acceptors (Lipinski definition) is 4. The second-order valence-electron chi connectivity index (χ2n) is 5.48. The number of urea groups is 1. The van der Waals surface area contributed by atoms with Gasteiger partial charge in [0.15, 0.2) is 0 Å². The van der Waals surface area contributed by atoms with Crippen molar-refractivity contribution in [2.24, 2.45) is 5.92 Å². The molecule has 2 heterocycles. The van der Waals surface area contributed by atoms with Gasteiger partial charge in [-0.2, -0.15) is 13.2 Å². The molecule has 0 radical (unpaired) electrons. The summed E-state index contributed by atoms with van der Waals surface area (Å²) in [5, 5.41) is 11.6. The van der Waals surface area contributed by atoms with Crippen molar-refractivity contribution in [3.63, 3.8) is 0 Å². The van der Waals surface area contributed by atoms with Gasteiger partial charge in [0.2, 0.25) is 5.13 Å². The van der Waals surface area contributed by atoms with Crippen molar-refractivity contribution in [3.05, 3.63) is 5.01 Å². The number of aromatic nitrogens is 2. The van der Waals surface area contributed by atoms with Gasteiger partial charge in [0, 0.05) is 19.0 Å². The van der Waals surface area contributed by atoms with E-state index in [0.717, 1.165) is 17.8 Å². The van der Waals surface area contributed by atoms with E-state index in [1.165, 1.54) is 16.2 Å². The van der Waals surface area contributed by atoms with Crippen LogP contribution >= 0.6 is 11.3 Å². The molecule has 0 bridgehead atoms. The lowest BCUT2D eigenvalue weighted by Gasteiger charge is -2.33. The monoisotopic (exact) mass is 320 g/mol. The van der Waals surface area contributed by atoms with Gasteiger partial charge < -0.3 is 4.90 Å². The highest BCUT2D eigenvalue weighted by molar-refractivity contribution is 7.15. The predicted octanol–water partition coefficient (Wildman–Crippen LogP) is 3.22. The van der Waals surface area contributed by atoms with Crippen LogP contribution in [0.25, 0.3) is 0 Å². The maximum Gasteiger partial charge on any atom is 0.393 e. The minimum Gasteiger partial charge on any atom is -0.324 e. The number of anilines is 1. The Balaban J connectivity index is 1.58. The minimum atomic E-state index is -4.25. The summed E-state index contributed by atoms with van der Waals surface area (Å²) in [4.78, 5) is 13.2. The molecule has 2 aliphatic rings. The fourth-order valence-electron chi connectivity index (χ4n) is 2.38. The Hall–Kier alpha value is -1.38. The quantitative estimate of drug-likeness (QED) is 0.910. The summed E-state index contributed by atoms with van der Waals surface area (Å²) in [7, 11) is 0. The van der Waals surface area contributed by atoms with Crippen molar-refractivity contribution in [1.29, 1.82) is 0 Å². The van der Waals surface area contributed by atoms with Crippen molar-refractivity contribution >= 4 is 22.5 Å². The second-order valence-corrected chi connectivity index (χ2v) is 6.49. The number of rotatable bonds is 2. The molecule has 1 aromatic heterocycles. The first kappa shape index (κ1) is 14.6. The van der Waals surface area contributed by atoms with Crippen LogP contribution in [0.2, 0.25) is 0 Å². The number of likely N-dealkylation sites (tertiary alicyclic amines) is 1. The Morgan fingerprint density at radius 3 is 2.71 bits per heavy atom. The Morgan fingerprint density at radius 1 is 1.29 bits per heavy atom. The lowest BCUT2D eigenvalue weighted by Crippen LogP contribution is -2.46. The van der Waals surface area contributed by atoms with E-state index in [4.69, 9.17) is 0 Å². The fraction of sp³-hybridized carbons (Fsp3) is 0.750. The molecule has 1 aliphatic heterocycles. The molecule has 1 atom stereocenters. The van der Waals surface area contributed by atoms with Gasteiger partial charge in [-0.25, -0.2) is 4.79 Å². The maximum absolute atomic E-state index is 12.7. The van der Waals surface area contributed by atoms with Crippen LogP contribution in [0, 0.1) is 5.92 Å². The average molecular weight is 320 g/mol. The number of carbonyl (C=O) groups is 1. The van der Waals surface area contributed by atoms with E-state index >= 15 is 0 Å². The van der Waals surface area contributed by atoms with E-state index in [2.05, 4.69) is 15.5 Å². The van der Waals surface area contributed by atoms with Crippen LogP contribution in [0.3, 0.4) is 0 Å². The first-order valence-electron chi connectivity index (χ1n) is 6.89.